The molecule has 0 saturated heterocycles. The Morgan fingerprint density at radius 3 is 2.89 bits per heavy atom. The first-order chi connectivity index (χ1) is 8.74. The molecule has 0 spiro atoms. The van der Waals surface area contributed by atoms with Crippen molar-refractivity contribution in [3.8, 4) is 0 Å². The number of nitrogens with zero attached hydrogens (tertiary/aromatic N) is 3. The van der Waals surface area contributed by atoms with Crippen molar-refractivity contribution in [2.24, 2.45) is 0 Å². The molecular weight excluding hydrogens is 262 g/mol. The van der Waals surface area contributed by atoms with Crippen molar-refractivity contribution in [3.63, 3.8) is 0 Å². The molecule has 0 unspecified atom stereocenters. The lowest BCUT2D eigenvalue weighted by molar-refractivity contribution is 0.634. The summed E-state index contributed by atoms with van der Waals surface area (Å²) in [5.74, 6) is 1.13. The second-order valence-corrected chi connectivity index (χ2v) is 7.50. The maximum absolute atomic E-state index is 4.40. The van der Waals surface area contributed by atoms with Gasteiger partial charge in [0.05, 0.1) is 0 Å². The molecule has 0 bridgehead atoms. The van der Waals surface area contributed by atoms with Crippen LogP contribution in [0.5, 0.6) is 0 Å². The quantitative estimate of drug-likeness (QED) is 0.781. The van der Waals surface area contributed by atoms with Crippen molar-refractivity contribution >= 4 is 23.1 Å². The molecule has 0 radical (unpaired) electrons. The second-order valence-electron chi connectivity index (χ2n) is 4.92. The highest BCUT2D eigenvalue weighted by molar-refractivity contribution is 7.99. The summed E-state index contributed by atoms with van der Waals surface area (Å²) in [6.07, 6.45) is 3.47. The van der Waals surface area contributed by atoms with Gasteiger partial charge in [0.1, 0.15) is 5.82 Å². The molecule has 3 nitrogen and oxygen atoms in total. The first-order valence-corrected chi connectivity index (χ1v) is 8.13. The van der Waals surface area contributed by atoms with E-state index in [9.17, 15) is 0 Å². The Balaban J connectivity index is 1.87. The van der Waals surface area contributed by atoms with Crippen LogP contribution >= 0.6 is 23.1 Å². The van der Waals surface area contributed by atoms with E-state index in [0.29, 0.717) is 11.3 Å². The first kappa shape index (κ1) is 12.2. The molecule has 0 atom stereocenters. The van der Waals surface area contributed by atoms with E-state index < -0.39 is 0 Å². The van der Waals surface area contributed by atoms with Crippen LogP contribution in [0.3, 0.4) is 0 Å². The Bertz CT molecular complexity index is 512. The lowest BCUT2D eigenvalue weighted by Gasteiger charge is -2.09. The van der Waals surface area contributed by atoms with Gasteiger partial charge < -0.3 is 4.57 Å². The predicted octanol–water partition coefficient (Wildman–Crippen LogP) is 3.77. The lowest BCUT2D eigenvalue weighted by atomic mass is 10.3. The second kappa shape index (κ2) is 5.05. The van der Waals surface area contributed by atoms with E-state index in [-0.39, 0.29) is 0 Å². The molecule has 1 aliphatic carbocycles. The monoisotopic (exact) mass is 279 g/mol. The minimum Gasteiger partial charge on any atom is -0.303 e. The normalized spacial score (nSPS) is 15.5. The molecule has 3 rings (SSSR count). The van der Waals surface area contributed by atoms with Crippen LogP contribution in [0.1, 0.15) is 43.4 Å². The molecule has 96 valence electrons. The van der Waals surface area contributed by atoms with Gasteiger partial charge in [-0.25, -0.2) is 0 Å². The van der Waals surface area contributed by atoms with Gasteiger partial charge in [-0.2, -0.15) is 0 Å². The van der Waals surface area contributed by atoms with Crippen LogP contribution in [0, 0.1) is 0 Å². The summed E-state index contributed by atoms with van der Waals surface area (Å²) in [6, 6.07) is 4.92. The van der Waals surface area contributed by atoms with E-state index in [2.05, 4.69) is 46.1 Å². The fourth-order valence-corrected chi connectivity index (χ4v) is 3.57. The molecule has 0 amide bonds. The highest BCUT2D eigenvalue weighted by Crippen LogP contribution is 2.39. The van der Waals surface area contributed by atoms with Gasteiger partial charge in [0, 0.05) is 22.6 Å². The highest BCUT2D eigenvalue weighted by Gasteiger charge is 2.29. The summed E-state index contributed by atoms with van der Waals surface area (Å²) < 4.78 is 2.37. The molecule has 2 aromatic heterocycles. The Morgan fingerprint density at radius 2 is 2.28 bits per heavy atom. The lowest BCUT2D eigenvalue weighted by Crippen LogP contribution is -2.04. The number of hydrogen-bond donors (Lipinski definition) is 0. The van der Waals surface area contributed by atoms with Gasteiger partial charge in [-0.15, -0.1) is 21.5 Å². The van der Waals surface area contributed by atoms with Gasteiger partial charge in [-0.3, -0.25) is 0 Å². The van der Waals surface area contributed by atoms with Gasteiger partial charge in [0.2, 0.25) is 0 Å². The molecule has 5 heteroatoms. The smallest absolute Gasteiger partial charge is 0.191 e. The molecular formula is C13H17N3S2. The number of hydrogen-bond acceptors (Lipinski definition) is 4. The van der Waals surface area contributed by atoms with Crippen LogP contribution in [0.25, 0.3) is 0 Å². The topological polar surface area (TPSA) is 30.7 Å². The average Bonchev–Trinajstić information content (AvgIpc) is 2.88. The minimum atomic E-state index is 0.557. The van der Waals surface area contributed by atoms with E-state index >= 15 is 0 Å². The van der Waals surface area contributed by atoms with Crippen molar-refractivity contribution in [1.29, 1.82) is 0 Å². The van der Waals surface area contributed by atoms with Gasteiger partial charge in [-0.05, 0) is 24.3 Å². The third-order valence-corrected chi connectivity index (χ3v) is 4.74. The Hall–Kier alpha value is -0.810. The molecule has 0 aromatic carbocycles. The third-order valence-electron chi connectivity index (χ3n) is 2.90. The van der Waals surface area contributed by atoms with Crippen LogP contribution in [0.4, 0.5) is 0 Å². The van der Waals surface area contributed by atoms with Crippen LogP contribution in [0.15, 0.2) is 22.7 Å². The summed E-state index contributed by atoms with van der Waals surface area (Å²) in [5.41, 5.74) is 0. The van der Waals surface area contributed by atoms with Crippen LogP contribution in [-0.4, -0.2) is 20.0 Å². The summed E-state index contributed by atoms with van der Waals surface area (Å²) in [6.45, 7) is 4.41. The van der Waals surface area contributed by atoms with E-state index in [4.69, 9.17) is 0 Å². The molecule has 1 saturated carbocycles. The van der Waals surface area contributed by atoms with Gasteiger partial charge in [0.25, 0.3) is 0 Å². The number of aromatic nitrogens is 3. The Kier molecular flexibility index (Phi) is 3.43. The summed E-state index contributed by atoms with van der Waals surface area (Å²) in [7, 11) is 0. The number of thioether (sulfide) groups is 1. The van der Waals surface area contributed by atoms with E-state index in [1.807, 2.05) is 11.8 Å². The third kappa shape index (κ3) is 2.62. The summed E-state index contributed by atoms with van der Waals surface area (Å²) >= 11 is 3.61. The molecule has 2 heterocycles. The number of rotatable bonds is 5. The first-order valence-electron chi connectivity index (χ1n) is 6.37. The number of thiophene rings is 1. The van der Waals surface area contributed by atoms with Crippen LogP contribution in [-0.2, 0) is 6.42 Å². The maximum Gasteiger partial charge on any atom is 0.191 e. The van der Waals surface area contributed by atoms with E-state index in [0.717, 1.165) is 17.4 Å². The van der Waals surface area contributed by atoms with E-state index in [1.54, 1.807) is 11.3 Å². The Morgan fingerprint density at radius 1 is 1.44 bits per heavy atom. The maximum atomic E-state index is 4.40. The molecule has 0 N–H and O–H groups in total. The average molecular weight is 279 g/mol. The summed E-state index contributed by atoms with van der Waals surface area (Å²) in [5, 5.41) is 12.6. The zero-order chi connectivity index (χ0) is 12.5. The van der Waals surface area contributed by atoms with Crippen molar-refractivity contribution < 1.29 is 0 Å². The standard InChI is InChI=1S/C13H17N3S2/c1-9(2)18-13-15-14-12(16(13)10-5-6-10)8-11-4-3-7-17-11/h3-4,7,9-10H,5-6,8H2,1-2H3. The van der Waals surface area contributed by atoms with E-state index in [1.165, 1.54) is 17.7 Å². The largest absolute Gasteiger partial charge is 0.303 e. The zero-order valence-corrected chi connectivity index (χ0v) is 12.3. The SMILES string of the molecule is CC(C)Sc1nnc(Cc2cccs2)n1C1CC1. The van der Waals surface area contributed by atoms with Crippen molar-refractivity contribution in [2.75, 3.05) is 0 Å². The van der Waals surface area contributed by atoms with Gasteiger partial charge in [-0.1, -0.05) is 31.7 Å². The fraction of sp³-hybridized carbons (Fsp3) is 0.538. The molecule has 18 heavy (non-hydrogen) atoms. The Labute approximate surface area is 116 Å². The molecule has 1 fully saturated rings. The van der Waals surface area contributed by atoms with Crippen molar-refractivity contribution in [1.82, 2.24) is 14.8 Å². The zero-order valence-electron chi connectivity index (χ0n) is 10.7. The van der Waals surface area contributed by atoms with Crippen molar-refractivity contribution in [3.05, 3.63) is 28.2 Å². The van der Waals surface area contributed by atoms with Gasteiger partial charge >= 0.3 is 0 Å². The molecule has 1 aliphatic rings. The van der Waals surface area contributed by atoms with Gasteiger partial charge in [0.15, 0.2) is 5.16 Å². The minimum absolute atomic E-state index is 0.557. The van der Waals surface area contributed by atoms with Crippen LogP contribution in [0.2, 0.25) is 0 Å². The van der Waals surface area contributed by atoms with Crippen LogP contribution < -0.4 is 0 Å². The highest BCUT2D eigenvalue weighted by atomic mass is 32.2. The predicted molar refractivity (Wildman–Crippen MR) is 76.4 cm³/mol. The summed E-state index contributed by atoms with van der Waals surface area (Å²) in [4.78, 5) is 1.37. The van der Waals surface area contributed by atoms with Crippen molar-refractivity contribution in [2.45, 2.75) is 49.6 Å². The molecule has 2 aromatic rings. The fourth-order valence-electron chi connectivity index (χ4n) is 1.99. The molecule has 0 aliphatic heterocycles.